The summed E-state index contributed by atoms with van der Waals surface area (Å²) in [4.78, 5) is 2.41. The Morgan fingerprint density at radius 3 is 1.10 bits per heavy atom. The molecule has 0 bridgehead atoms. The minimum absolute atomic E-state index is 0.00747. The number of nitrogens with zero attached hydrogens (tertiary/aromatic N) is 1. The van der Waals surface area contributed by atoms with E-state index in [9.17, 15) is 0 Å². The zero-order valence-corrected chi connectivity index (χ0v) is 44.1. The van der Waals surface area contributed by atoms with Gasteiger partial charge in [0.15, 0.2) is 0 Å². The van der Waals surface area contributed by atoms with E-state index in [0.29, 0.717) is 0 Å². The lowest BCUT2D eigenvalue weighted by Gasteiger charge is -2.33. The standard InChI is InChI=1S/C69H81N/c1-10-13-15-17-19-21-47-69(48-22-20-18-16-14-11-2)65-49-51(12-3)23-45-63(65)64-46-34-57(50-66(64)69)56-32-43-62(44-33-56)70(60-39-28-54(29-40-60)52-24-35-58(36-25-52)67(4,5)6)61-41-30-55(31-42-61)53-26-37-59(38-27-53)68(7,8)9/h12,23-46,49-50H,3,10-11,13-22,47-48H2,1-2,4-9H3. The first kappa shape index (κ1) is 50.5. The molecule has 0 saturated heterocycles. The molecule has 7 aromatic rings. The van der Waals surface area contributed by atoms with Crippen molar-refractivity contribution in [2.24, 2.45) is 0 Å². The zero-order valence-electron chi connectivity index (χ0n) is 44.1. The van der Waals surface area contributed by atoms with Gasteiger partial charge in [-0.1, -0.05) is 260 Å². The number of hydrogen-bond donors (Lipinski definition) is 0. The minimum Gasteiger partial charge on any atom is -0.311 e. The second-order valence-corrected chi connectivity index (χ2v) is 22.5. The van der Waals surface area contributed by atoms with E-state index in [-0.39, 0.29) is 16.2 Å². The molecule has 7 aromatic carbocycles. The first-order valence-corrected chi connectivity index (χ1v) is 27.1. The van der Waals surface area contributed by atoms with Crippen molar-refractivity contribution in [3.05, 3.63) is 192 Å². The molecule has 0 amide bonds. The smallest absolute Gasteiger partial charge is 0.0462 e. The van der Waals surface area contributed by atoms with Crippen molar-refractivity contribution in [2.45, 2.75) is 162 Å². The summed E-state index contributed by atoms with van der Waals surface area (Å²) in [7, 11) is 0. The molecule has 0 heterocycles. The predicted molar refractivity (Wildman–Crippen MR) is 307 cm³/mol. The molecule has 0 unspecified atom stereocenters. The fourth-order valence-corrected chi connectivity index (χ4v) is 11.1. The number of rotatable bonds is 21. The summed E-state index contributed by atoms with van der Waals surface area (Å²) in [6, 6.07) is 60.3. The van der Waals surface area contributed by atoms with Crippen LogP contribution < -0.4 is 4.90 Å². The fraction of sp³-hybridized carbons (Fsp3) is 0.362. The Hall–Kier alpha value is -5.92. The highest BCUT2D eigenvalue weighted by molar-refractivity contribution is 5.86. The molecule has 1 aliphatic rings. The summed E-state index contributed by atoms with van der Waals surface area (Å²) < 4.78 is 0. The lowest BCUT2D eigenvalue weighted by molar-refractivity contribution is 0.398. The van der Waals surface area contributed by atoms with Crippen LogP contribution in [0, 0.1) is 0 Å². The van der Waals surface area contributed by atoms with Crippen molar-refractivity contribution in [1.82, 2.24) is 0 Å². The van der Waals surface area contributed by atoms with E-state index in [1.807, 2.05) is 6.08 Å². The molecular weight excluding hydrogens is 843 g/mol. The molecule has 0 aromatic heterocycles. The molecule has 1 aliphatic carbocycles. The SMILES string of the molecule is C=Cc1ccc2c(c1)C(CCCCCCCC)(CCCCCCCC)c1cc(-c3ccc(N(c4ccc(-c5ccc(C(C)(C)C)cc5)cc4)c4ccc(-c5ccc(C(C)(C)C)cc5)cc4)cc3)ccc1-2. The van der Waals surface area contributed by atoms with E-state index in [2.05, 4.69) is 225 Å². The van der Waals surface area contributed by atoms with Crippen LogP contribution in [0.3, 0.4) is 0 Å². The van der Waals surface area contributed by atoms with Crippen LogP contribution >= 0.6 is 0 Å². The van der Waals surface area contributed by atoms with Crippen LogP contribution in [0.2, 0.25) is 0 Å². The van der Waals surface area contributed by atoms with Gasteiger partial charge in [-0.2, -0.15) is 0 Å². The Bertz CT molecular complexity index is 2650. The lowest BCUT2D eigenvalue weighted by atomic mass is 9.70. The average Bonchev–Trinajstić information content (AvgIpc) is 3.64. The third-order valence-corrected chi connectivity index (χ3v) is 15.4. The van der Waals surface area contributed by atoms with Gasteiger partial charge in [0.25, 0.3) is 0 Å². The predicted octanol–water partition coefficient (Wildman–Crippen LogP) is 21.2. The second kappa shape index (κ2) is 22.4. The Morgan fingerprint density at radius 2 is 0.714 bits per heavy atom. The molecular formula is C69H81N. The third kappa shape index (κ3) is 11.5. The van der Waals surface area contributed by atoms with Crippen LogP contribution in [0.1, 0.15) is 173 Å². The van der Waals surface area contributed by atoms with Crippen LogP contribution in [0.4, 0.5) is 17.1 Å². The molecule has 362 valence electrons. The number of fused-ring (bicyclic) bond motifs is 3. The molecule has 70 heavy (non-hydrogen) atoms. The van der Waals surface area contributed by atoms with Crippen LogP contribution in [-0.2, 0) is 16.2 Å². The highest BCUT2D eigenvalue weighted by Gasteiger charge is 2.42. The van der Waals surface area contributed by atoms with Crippen molar-refractivity contribution in [2.75, 3.05) is 4.90 Å². The Balaban J connectivity index is 1.14. The summed E-state index contributed by atoms with van der Waals surface area (Å²) in [5, 5.41) is 0. The van der Waals surface area contributed by atoms with Gasteiger partial charge >= 0.3 is 0 Å². The van der Waals surface area contributed by atoms with Crippen LogP contribution in [0.15, 0.2) is 164 Å². The van der Waals surface area contributed by atoms with E-state index < -0.39 is 0 Å². The van der Waals surface area contributed by atoms with Crippen molar-refractivity contribution in [3.8, 4) is 44.5 Å². The maximum Gasteiger partial charge on any atom is 0.0462 e. The molecule has 0 radical (unpaired) electrons. The van der Waals surface area contributed by atoms with Gasteiger partial charge in [0, 0.05) is 22.5 Å². The van der Waals surface area contributed by atoms with Gasteiger partial charge in [-0.05, 0) is 138 Å². The number of hydrogen-bond acceptors (Lipinski definition) is 1. The molecule has 0 aliphatic heterocycles. The molecule has 8 rings (SSSR count). The molecule has 0 spiro atoms. The summed E-state index contributed by atoms with van der Waals surface area (Å²) in [6.45, 7) is 22.5. The van der Waals surface area contributed by atoms with Gasteiger partial charge in [0.05, 0.1) is 0 Å². The number of benzene rings is 7. The summed E-state index contributed by atoms with van der Waals surface area (Å²) >= 11 is 0. The van der Waals surface area contributed by atoms with Gasteiger partial charge in [0.1, 0.15) is 0 Å². The first-order chi connectivity index (χ1) is 33.8. The first-order valence-electron chi connectivity index (χ1n) is 27.1. The summed E-state index contributed by atoms with van der Waals surface area (Å²) in [5.41, 5.74) is 21.0. The Labute approximate surface area is 424 Å². The number of unbranched alkanes of at least 4 members (excludes halogenated alkanes) is 10. The molecule has 1 heteroatoms. The average molecular weight is 924 g/mol. The van der Waals surface area contributed by atoms with Gasteiger partial charge in [-0.3, -0.25) is 0 Å². The third-order valence-electron chi connectivity index (χ3n) is 15.4. The molecule has 0 fully saturated rings. The maximum atomic E-state index is 4.22. The van der Waals surface area contributed by atoms with E-state index in [4.69, 9.17) is 0 Å². The quantitative estimate of drug-likeness (QED) is 0.0649. The monoisotopic (exact) mass is 924 g/mol. The maximum absolute atomic E-state index is 4.22. The highest BCUT2D eigenvalue weighted by Crippen LogP contribution is 2.55. The van der Waals surface area contributed by atoms with Crippen molar-refractivity contribution >= 4 is 23.1 Å². The van der Waals surface area contributed by atoms with Gasteiger partial charge < -0.3 is 4.90 Å². The Morgan fingerprint density at radius 1 is 0.386 bits per heavy atom. The van der Waals surface area contributed by atoms with E-state index in [1.54, 1.807) is 0 Å². The summed E-state index contributed by atoms with van der Waals surface area (Å²) in [5.74, 6) is 0. The Kier molecular flexibility index (Phi) is 16.2. The van der Waals surface area contributed by atoms with E-state index >= 15 is 0 Å². The van der Waals surface area contributed by atoms with Crippen LogP contribution in [-0.4, -0.2) is 0 Å². The second-order valence-electron chi connectivity index (χ2n) is 22.5. The fourth-order valence-electron chi connectivity index (χ4n) is 11.1. The van der Waals surface area contributed by atoms with Gasteiger partial charge in [-0.15, -0.1) is 0 Å². The van der Waals surface area contributed by atoms with Crippen molar-refractivity contribution < 1.29 is 0 Å². The molecule has 0 atom stereocenters. The molecule has 0 saturated carbocycles. The largest absolute Gasteiger partial charge is 0.311 e. The van der Waals surface area contributed by atoms with Crippen molar-refractivity contribution in [3.63, 3.8) is 0 Å². The normalized spacial score (nSPS) is 13.0. The summed E-state index contributed by atoms with van der Waals surface area (Å²) in [6.07, 6.45) is 20.2. The lowest BCUT2D eigenvalue weighted by Crippen LogP contribution is -2.25. The van der Waals surface area contributed by atoms with Crippen LogP contribution in [0.5, 0.6) is 0 Å². The molecule has 0 N–H and O–H groups in total. The minimum atomic E-state index is 0.00747. The van der Waals surface area contributed by atoms with Gasteiger partial charge in [0.2, 0.25) is 0 Å². The van der Waals surface area contributed by atoms with E-state index in [1.165, 1.54) is 162 Å². The topological polar surface area (TPSA) is 3.24 Å². The van der Waals surface area contributed by atoms with Gasteiger partial charge in [-0.25, -0.2) is 0 Å². The number of anilines is 3. The van der Waals surface area contributed by atoms with E-state index in [0.717, 1.165) is 17.1 Å². The molecule has 1 nitrogen and oxygen atoms in total. The zero-order chi connectivity index (χ0) is 49.3. The van der Waals surface area contributed by atoms with Crippen LogP contribution in [0.25, 0.3) is 50.6 Å². The van der Waals surface area contributed by atoms with Crippen molar-refractivity contribution in [1.29, 1.82) is 0 Å². The highest BCUT2D eigenvalue weighted by atomic mass is 15.1.